The second-order valence-electron chi connectivity index (χ2n) is 7.85. The van der Waals surface area contributed by atoms with Crippen molar-refractivity contribution in [3.63, 3.8) is 0 Å². The van der Waals surface area contributed by atoms with Gasteiger partial charge in [0.1, 0.15) is 17.3 Å². The largest absolute Gasteiger partial charge is 0.480 e. The molecule has 1 saturated heterocycles. The lowest BCUT2D eigenvalue weighted by Crippen LogP contribution is -2.60. The van der Waals surface area contributed by atoms with Gasteiger partial charge in [0.15, 0.2) is 5.54 Å². The molecule has 1 aliphatic heterocycles. The first-order valence-electron chi connectivity index (χ1n) is 10.2. The number of carbonyl (C=O) groups is 1. The highest BCUT2D eigenvalue weighted by Crippen LogP contribution is 2.33. The molecule has 33 heavy (non-hydrogen) atoms. The van der Waals surface area contributed by atoms with Crippen molar-refractivity contribution in [3.8, 4) is 11.5 Å². The van der Waals surface area contributed by atoms with E-state index in [1.807, 2.05) is 30.3 Å². The van der Waals surface area contributed by atoms with Crippen LogP contribution in [0.4, 0.5) is 4.39 Å². The summed E-state index contributed by atoms with van der Waals surface area (Å²) in [6, 6.07) is 20.2. The molecule has 2 N–H and O–H groups in total. The zero-order chi connectivity index (χ0) is 23.5. The third-order valence-electron chi connectivity index (χ3n) is 5.46. The number of nitrogens with one attached hydrogen (secondary N) is 1. The molecule has 172 valence electrons. The minimum absolute atomic E-state index is 0.0529. The van der Waals surface area contributed by atoms with Gasteiger partial charge in [-0.1, -0.05) is 30.3 Å². The molecule has 2 unspecified atom stereocenters. The molecule has 0 aliphatic carbocycles. The van der Waals surface area contributed by atoms with Crippen LogP contribution >= 0.6 is 0 Å². The molecule has 0 aromatic heterocycles. The Bertz CT molecular complexity index is 1220. The Morgan fingerprint density at radius 2 is 1.61 bits per heavy atom. The minimum atomic E-state index is -4.18. The number of halogens is 1. The number of aliphatic carboxylic acids is 1. The molecule has 0 spiro atoms. The van der Waals surface area contributed by atoms with E-state index in [9.17, 15) is 22.7 Å². The van der Waals surface area contributed by atoms with Crippen LogP contribution in [0.5, 0.6) is 11.5 Å². The van der Waals surface area contributed by atoms with Crippen LogP contribution in [0, 0.1) is 5.82 Å². The van der Waals surface area contributed by atoms with Crippen LogP contribution in [0.2, 0.25) is 0 Å². The lowest BCUT2D eigenvalue weighted by atomic mass is 9.83. The highest BCUT2D eigenvalue weighted by molar-refractivity contribution is 7.89. The van der Waals surface area contributed by atoms with Crippen molar-refractivity contribution in [1.82, 2.24) is 4.72 Å². The van der Waals surface area contributed by atoms with Crippen molar-refractivity contribution in [2.45, 2.75) is 22.8 Å². The summed E-state index contributed by atoms with van der Waals surface area (Å²) in [5.74, 6) is -1.24. The highest BCUT2D eigenvalue weighted by Gasteiger charge is 2.47. The number of rotatable bonds is 7. The molecule has 1 aliphatic rings. The first-order valence-corrected chi connectivity index (χ1v) is 11.7. The smallest absolute Gasteiger partial charge is 0.327 e. The van der Waals surface area contributed by atoms with Crippen LogP contribution in [0.1, 0.15) is 17.9 Å². The van der Waals surface area contributed by atoms with Gasteiger partial charge in [0, 0.05) is 5.92 Å². The van der Waals surface area contributed by atoms with E-state index >= 15 is 0 Å². The zero-order valence-corrected chi connectivity index (χ0v) is 18.3. The van der Waals surface area contributed by atoms with Gasteiger partial charge in [-0.2, -0.15) is 4.72 Å². The molecule has 0 radical (unpaired) electrons. The van der Waals surface area contributed by atoms with E-state index in [0.29, 0.717) is 18.1 Å². The molecule has 2 atom stereocenters. The van der Waals surface area contributed by atoms with E-state index < -0.39 is 27.3 Å². The number of hydrogen-bond acceptors (Lipinski definition) is 5. The summed E-state index contributed by atoms with van der Waals surface area (Å²) in [5, 5.41) is 9.94. The van der Waals surface area contributed by atoms with Crippen LogP contribution in [0.25, 0.3) is 0 Å². The maximum absolute atomic E-state index is 13.0. The van der Waals surface area contributed by atoms with Gasteiger partial charge < -0.3 is 14.6 Å². The maximum Gasteiger partial charge on any atom is 0.327 e. The first-order chi connectivity index (χ1) is 15.8. The Labute approximate surface area is 190 Å². The van der Waals surface area contributed by atoms with Gasteiger partial charge in [-0.25, -0.2) is 12.8 Å². The fourth-order valence-electron chi connectivity index (χ4n) is 3.76. The minimum Gasteiger partial charge on any atom is -0.480 e. The Morgan fingerprint density at radius 3 is 2.21 bits per heavy atom. The summed E-state index contributed by atoms with van der Waals surface area (Å²) in [6.07, 6.45) is 0.0529. The zero-order valence-electron chi connectivity index (χ0n) is 17.5. The van der Waals surface area contributed by atoms with Crippen LogP contribution in [0.15, 0.2) is 83.8 Å². The molecule has 1 fully saturated rings. The van der Waals surface area contributed by atoms with E-state index in [-0.39, 0.29) is 23.8 Å². The van der Waals surface area contributed by atoms with Gasteiger partial charge >= 0.3 is 5.97 Å². The molecule has 4 rings (SSSR count). The van der Waals surface area contributed by atoms with Gasteiger partial charge in [0.05, 0.1) is 18.1 Å². The maximum atomic E-state index is 13.0. The summed E-state index contributed by atoms with van der Waals surface area (Å²) >= 11 is 0. The molecular formula is C24H22FNO6S. The van der Waals surface area contributed by atoms with Crippen molar-refractivity contribution in [1.29, 1.82) is 0 Å². The molecule has 3 aromatic carbocycles. The van der Waals surface area contributed by atoms with Crippen molar-refractivity contribution in [2.24, 2.45) is 0 Å². The summed E-state index contributed by atoms with van der Waals surface area (Å²) in [4.78, 5) is 12.1. The average Bonchev–Trinajstić information content (AvgIpc) is 2.81. The lowest BCUT2D eigenvalue weighted by molar-refractivity contribution is -0.150. The first kappa shape index (κ1) is 22.9. The van der Waals surface area contributed by atoms with Crippen molar-refractivity contribution in [2.75, 3.05) is 13.2 Å². The van der Waals surface area contributed by atoms with Gasteiger partial charge in [0.2, 0.25) is 10.0 Å². The van der Waals surface area contributed by atoms with E-state index in [4.69, 9.17) is 9.47 Å². The van der Waals surface area contributed by atoms with Gasteiger partial charge in [-0.15, -0.1) is 0 Å². The molecule has 3 aromatic rings. The summed E-state index contributed by atoms with van der Waals surface area (Å²) in [6.45, 7) is 0.0207. The third kappa shape index (κ3) is 5.22. The fraction of sp³-hybridized carbons (Fsp3) is 0.208. The summed E-state index contributed by atoms with van der Waals surface area (Å²) in [7, 11) is -4.18. The molecule has 7 nitrogen and oxygen atoms in total. The van der Waals surface area contributed by atoms with Crippen LogP contribution in [-0.2, 0) is 19.6 Å². The predicted molar refractivity (Wildman–Crippen MR) is 118 cm³/mol. The fourth-order valence-corrected chi connectivity index (χ4v) is 5.11. The molecule has 1 heterocycles. The summed E-state index contributed by atoms with van der Waals surface area (Å²) < 4.78 is 52.6. The third-order valence-corrected chi connectivity index (χ3v) is 7.01. The van der Waals surface area contributed by atoms with Crippen molar-refractivity contribution < 1.29 is 32.2 Å². The van der Waals surface area contributed by atoms with Crippen LogP contribution in [0.3, 0.4) is 0 Å². The van der Waals surface area contributed by atoms with Crippen LogP contribution < -0.4 is 9.46 Å². The highest BCUT2D eigenvalue weighted by atomic mass is 32.2. The number of benzene rings is 3. The monoisotopic (exact) mass is 471 g/mol. The second kappa shape index (κ2) is 9.30. The quantitative estimate of drug-likeness (QED) is 0.542. The standard InChI is InChI=1S/C24H22FNO6S/c25-19-6-8-20(9-7-19)32-21-10-12-22(13-11-21)33(29,30)26-24(23(27)28)14-18(15-31-16-24)17-4-2-1-3-5-17/h1-13,18,26H,14-16H2,(H,27,28). The normalized spacial score (nSPS) is 20.8. The number of hydrogen-bond donors (Lipinski definition) is 2. The lowest BCUT2D eigenvalue weighted by Gasteiger charge is -2.37. The topological polar surface area (TPSA) is 102 Å². The predicted octanol–water partition coefficient (Wildman–Crippen LogP) is 3.92. The van der Waals surface area contributed by atoms with E-state index in [0.717, 1.165) is 5.56 Å². The molecule has 0 amide bonds. The number of carboxylic acid groups (broad SMARTS) is 1. The molecule has 0 saturated carbocycles. The Hall–Kier alpha value is -3.27. The number of ether oxygens (including phenoxy) is 2. The average molecular weight is 472 g/mol. The van der Waals surface area contributed by atoms with Gasteiger partial charge in [-0.3, -0.25) is 4.79 Å². The van der Waals surface area contributed by atoms with E-state index in [1.54, 1.807) is 0 Å². The number of carboxylic acids is 1. The molecular weight excluding hydrogens is 449 g/mol. The Kier molecular flexibility index (Phi) is 6.46. The number of sulfonamides is 1. The van der Waals surface area contributed by atoms with E-state index in [1.165, 1.54) is 48.5 Å². The summed E-state index contributed by atoms with van der Waals surface area (Å²) in [5.41, 5.74) is -0.926. The molecule has 0 bridgehead atoms. The van der Waals surface area contributed by atoms with Gasteiger partial charge in [0.25, 0.3) is 0 Å². The van der Waals surface area contributed by atoms with Crippen molar-refractivity contribution in [3.05, 3.63) is 90.2 Å². The van der Waals surface area contributed by atoms with Crippen LogP contribution in [-0.4, -0.2) is 38.2 Å². The molecule has 9 heteroatoms. The second-order valence-corrected chi connectivity index (χ2v) is 9.53. The Balaban J connectivity index is 1.53. The SMILES string of the molecule is O=C(O)C1(NS(=O)(=O)c2ccc(Oc3ccc(F)cc3)cc2)COCC(c2ccccc2)C1. The van der Waals surface area contributed by atoms with Crippen molar-refractivity contribution >= 4 is 16.0 Å². The Morgan fingerprint density at radius 1 is 1.00 bits per heavy atom. The van der Waals surface area contributed by atoms with Gasteiger partial charge in [-0.05, 0) is 60.5 Å². The van der Waals surface area contributed by atoms with E-state index in [2.05, 4.69) is 4.72 Å².